The highest BCUT2D eigenvalue weighted by molar-refractivity contribution is 5.37. The molecule has 0 amide bonds. The van der Waals surface area contributed by atoms with Crippen LogP contribution in [0.4, 0.5) is 8.78 Å². The molecule has 0 spiro atoms. The molecule has 2 nitrogen and oxygen atoms in total. The predicted octanol–water partition coefficient (Wildman–Crippen LogP) is 2.57. The average molecular weight is 227 g/mol. The van der Waals surface area contributed by atoms with E-state index in [2.05, 4.69) is 5.32 Å². The fourth-order valence-electron chi connectivity index (χ4n) is 2.30. The smallest absolute Gasteiger partial charge is 0.173 e. The molecule has 4 heteroatoms. The van der Waals surface area contributed by atoms with Gasteiger partial charge in [-0.25, -0.2) is 8.78 Å². The lowest BCUT2D eigenvalue weighted by atomic mass is 9.89. The van der Waals surface area contributed by atoms with Gasteiger partial charge in [-0.05, 0) is 38.4 Å². The summed E-state index contributed by atoms with van der Waals surface area (Å²) in [6.45, 7) is 2.60. The lowest BCUT2D eigenvalue weighted by Gasteiger charge is -2.26. The molecule has 0 radical (unpaired) electrons. The van der Waals surface area contributed by atoms with E-state index in [1.807, 2.05) is 6.92 Å². The van der Waals surface area contributed by atoms with Crippen molar-refractivity contribution >= 4 is 0 Å². The molecule has 1 aliphatic heterocycles. The monoisotopic (exact) mass is 227 g/mol. The summed E-state index contributed by atoms with van der Waals surface area (Å²) in [4.78, 5) is 0. The van der Waals surface area contributed by atoms with Crippen molar-refractivity contribution in [3.63, 3.8) is 0 Å². The second kappa shape index (κ2) is 4.01. The quantitative estimate of drug-likeness (QED) is 0.838. The number of benzene rings is 1. The molecule has 1 aliphatic rings. The highest BCUT2D eigenvalue weighted by atomic mass is 19.1. The first-order valence-corrected chi connectivity index (χ1v) is 5.36. The van der Waals surface area contributed by atoms with Crippen molar-refractivity contribution in [2.45, 2.75) is 25.3 Å². The van der Waals surface area contributed by atoms with Crippen molar-refractivity contribution in [1.82, 2.24) is 5.32 Å². The Morgan fingerprint density at radius 2 is 2.12 bits per heavy atom. The first-order valence-electron chi connectivity index (χ1n) is 5.36. The SMILES string of the molecule is COc1ccc(F)c(C2(C)CCCN2)c1F. The molecule has 1 heterocycles. The van der Waals surface area contributed by atoms with Crippen LogP contribution >= 0.6 is 0 Å². The highest BCUT2D eigenvalue weighted by Crippen LogP contribution is 2.36. The molecular formula is C12H15F2NO. The Balaban J connectivity index is 2.54. The van der Waals surface area contributed by atoms with Gasteiger partial charge in [-0.15, -0.1) is 0 Å². The van der Waals surface area contributed by atoms with Crippen LogP contribution in [0.15, 0.2) is 12.1 Å². The van der Waals surface area contributed by atoms with Gasteiger partial charge >= 0.3 is 0 Å². The maximum atomic E-state index is 14.0. The maximum Gasteiger partial charge on any atom is 0.173 e. The largest absolute Gasteiger partial charge is 0.494 e. The third-order valence-electron chi connectivity index (χ3n) is 3.20. The van der Waals surface area contributed by atoms with Crippen molar-refractivity contribution in [3.8, 4) is 5.75 Å². The Labute approximate surface area is 93.6 Å². The normalized spacial score (nSPS) is 24.8. The fourth-order valence-corrected chi connectivity index (χ4v) is 2.30. The fraction of sp³-hybridized carbons (Fsp3) is 0.500. The minimum atomic E-state index is -0.622. The van der Waals surface area contributed by atoms with Crippen molar-refractivity contribution in [3.05, 3.63) is 29.3 Å². The van der Waals surface area contributed by atoms with Crippen LogP contribution < -0.4 is 10.1 Å². The van der Waals surface area contributed by atoms with E-state index in [9.17, 15) is 8.78 Å². The van der Waals surface area contributed by atoms with E-state index in [-0.39, 0.29) is 11.3 Å². The van der Waals surface area contributed by atoms with Crippen LogP contribution in [0.1, 0.15) is 25.3 Å². The number of nitrogens with one attached hydrogen (secondary N) is 1. The van der Waals surface area contributed by atoms with Gasteiger partial charge in [0.2, 0.25) is 0 Å². The summed E-state index contributed by atoms with van der Waals surface area (Å²) in [5.74, 6) is -1.03. The van der Waals surface area contributed by atoms with Crippen LogP contribution in [0.25, 0.3) is 0 Å². The zero-order valence-corrected chi connectivity index (χ0v) is 9.44. The van der Waals surface area contributed by atoms with Crippen LogP contribution in [0.5, 0.6) is 5.75 Å². The molecule has 1 fully saturated rings. The lowest BCUT2D eigenvalue weighted by molar-refractivity contribution is 0.350. The van der Waals surface area contributed by atoms with Gasteiger partial charge in [-0.2, -0.15) is 0 Å². The third-order valence-corrected chi connectivity index (χ3v) is 3.20. The third kappa shape index (κ3) is 1.67. The van der Waals surface area contributed by atoms with Gasteiger partial charge in [0.1, 0.15) is 5.82 Å². The summed E-state index contributed by atoms with van der Waals surface area (Å²) in [5.41, 5.74) is -0.535. The highest BCUT2D eigenvalue weighted by Gasteiger charge is 2.36. The molecule has 1 aromatic carbocycles. The Morgan fingerprint density at radius 3 is 2.69 bits per heavy atom. The van der Waals surface area contributed by atoms with Crippen LogP contribution in [0.3, 0.4) is 0 Å². The molecule has 88 valence electrons. The molecule has 1 saturated heterocycles. The molecule has 1 N–H and O–H groups in total. The molecule has 1 unspecified atom stereocenters. The minimum Gasteiger partial charge on any atom is -0.494 e. The summed E-state index contributed by atoms with van der Waals surface area (Å²) in [5, 5.41) is 3.15. The summed E-state index contributed by atoms with van der Waals surface area (Å²) in [6.07, 6.45) is 1.65. The second-order valence-electron chi connectivity index (χ2n) is 4.30. The Bertz CT molecular complexity index is 400. The first kappa shape index (κ1) is 11.3. The number of halogens is 2. The van der Waals surface area contributed by atoms with E-state index in [0.717, 1.165) is 19.4 Å². The van der Waals surface area contributed by atoms with E-state index in [4.69, 9.17) is 4.74 Å². The molecule has 16 heavy (non-hydrogen) atoms. The van der Waals surface area contributed by atoms with Crippen LogP contribution in [0, 0.1) is 11.6 Å². The topological polar surface area (TPSA) is 21.3 Å². The minimum absolute atomic E-state index is 0.0874. The number of rotatable bonds is 2. The van der Waals surface area contributed by atoms with E-state index < -0.39 is 17.2 Å². The van der Waals surface area contributed by atoms with Crippen LogP contribution in [-0.4, -0.2) is 13.7 Å². The van der Waals surface area contributed by atoms with Crippen molar-refractivity contribution in [1.29, 1.82) is 0 Å². The zero-order valence-electron chi connectivity index (χ0n) is 9.44. The van der Waals surface area contributed by atoms with Crippen molar-refractivity contribution in [2.24, 2.45) is 0 Å². The number of hydrogen-bond donors (Lipinski definition) is 1. The summed E-state index contributed by atoms with van der Waals surface area (Å²) in [6, 6.07) is 2.56. The first-order chi connectivity index (χ1) is 7.58. The van der Waals surface area contributed by atoms with Gasteiger partial charge < -0.3 is 10.1 Å². The molecule has 1 atom stereocenters. The molecule has 0 saturated carbocycles. The summed E-state index contributed by atoms with van der Waals surface area (Å²) >= 11 is 0. The van der Waals surface area contributed by atoms with Gasteiger partial charge in [0.05, 0.1) is 7.11 Å². The number of hydrogen-bond acceptors (Lipinski definition) is 2. The second-order valence-corrected chi connectivity index (χ2v) is 4.30. The standard InChI is InChI=1S/C12H15F2NO/c1-12(6-3-7-15-12)10-8(13)4-5-9(16-2)11(10)14/h4-5,15H,3,6-7H2,1-2H3. The Hall–Kier alpha value is -1.16. The van der Waals surface area contributed by atoms with Crippen LogP contribution in [0.2, 0.25) is 0 Å². The van der Waals surface area contributed by atoms with Crippen molar-refractivity contribution < 1.29 is 13.5 Å². The van der Waals surface area contributed by atoms with E-state index in [1.54, 1.807) is 0 Å². The predicted molar refractivity (Wildman–Crippen MR) is 57.5 cm³/mol. The molecule has 1 aromatic rings. The Kier molecular flexibility index (Phi) is 2.84. The lowest BCUT2D eigenvalue weighted by Crippen LogP contribution is -2.35. The van der Waals surface area contributed by atoms with E-state index in [0.29, 0.717) is 0 Å². The molecular weight excluding hydrogens is 212 g/mol. The number of ether oxygens (including phenoxy) is 1. The van der Waals surface area contributed by atoms with Gasteiger partial charge in [-0.3, -0.25) is 0 Å². The van der Waals surface area contributed by atoms with Gasteiger partial charge in [-0.1, -0.05) is 0 Å². The molecule has 0 aromatic heterocycles. The average Bonchev–Trinajstić information content (AvgIpc) is 2.66. The zero-order chi connectivity index (χ0) is 11.8. The van der Waals surface area contributed by atoms with Gasteiger partial charge in [0.15, 0.2) is 11.6 Å². The van der Waals surface area contributed by atoms with Crippen molar-refractivity contribution in [2.75, 3.05) is 13.7 Å². The summed E-state index contributed by atoms with van der Waals surface area (Å²) in [7, 11) is 1.38. The van der Waals surface area contributed by atoms with E-state index in [1.165, 1.54) is 19.2 Å². The molecule has 2 rings (SSSR count). The van der Waals surface area contributed by atoms with Gasteiger partial charge in [0.25, 0.3) is 0 Å². The molecule has 0 aliphatic carbocycles. The van der Waals surface area contributed by atoms with Gasteiger partial charge in [0, 0.05) is 11.1 Å². The molecule has 0 bridgehead atoms. The number of methoxy groups -OCH3 is 1. The summed E-state index contributed by atoms with van der Waals surface area (Å²) < 4.78 is 32.6. The maximum absolute atomic E-state index is 14.0. The Morgan fingerprint density at radius 1 is 1.38 bits per heavy atom. The van der Waals surface area contributed by atoms with E-state index >= 15 is 0 Å². The van der Waals surface area contributed by atoms with Crippen LogP contribution in [-0.2, 0) is 5.54 Å².